The molecule has 0 unspecified atom stereocenters. The van der Waals surface area contributed by atoms with Gasteiger partial charge in [0.25, 0.3) is 0 Å². The minimum absolute atomic E-state index is 0.946. The van der Waals surface area contributed by atoms with Gasteiger partial charge in [-0.1, -0.05) is 127 Å². The summed E-state index contributed by atoms with van der Waals surface area (Å²) in [5.74, 6) is 0. The summed E-state index contributed by atoms with van der Waals surface area (Å²) in [4.78, 5) is 7.43. The van der Waals surface area contributed by atoms with Crippen LogP contribution in [0.4, 0.5) is 34.1 Å². The van der Waals surface area contributed by atoms with Crippen molar-refractivity contribution in [3.63, 3.8) is 0 Å². The Bertz CT molecular complexity index is 2770. The van der Waals surface area contributed by atoms with Gasteiger partial charge in [-0.3, -0.25) is 0 Å². The molecule has 3 nitrogen and oxygen atoms in total. The summed E-state index contributed by atoms with van der Waals surface area (Å²) in [5, 5.41) is 7.69. The van der Waals surface area contributed by atoms with E-state index in [1.165, 1.54) is 49.4 Å². The SMILES string of the molecule is C1=CCCC(N(c2ccccc2)c2cc(N(C3=CCCC=C3)c3ccccc3)cc(N(C3=CC=CCC3)c3ccc4c5ccccc5c5ccccc5c4c3)c2)=C1. The predicted molar refractivity (Wildman–Crippen MR) is 244 cm³/mol. The van der Waals surface area contributed by atoms with Crippen molar-refractivity contribution < 1.29 is 0 Å². The lowest BCUT2D eigenvalue weighted by molar-refractivity contribution is 0.911. The van der Waals surface area contributed by atoms with Gasteiger partial charge in [-0.05, 0) is 144 Å². The minimum atomic E-state index is 0.946. The minimum Gasteiger partial charge on any atom is -0.314 e. The summed E-state index contributed by atoms with van der Waals surface area (Å²) in [6, 6.07) is 53.8. The zero-order valence-electron chi connectivity index (χ0n) is 32.1. The largest absolute Gasteiger partial charge is 0.314 e. The molecule has 0 spiro atoms. The molecule has 3 aliphatic rings. The zero-order valence-corrected chi connectivity index (χ0v) is 32.1. The van der Waals surface area contributed by atoms with Gasteiger partial charge < -0.3 is 14.7 Å². The van der Waals surface area contributed by atoms with Crippen LogP contribution >= 0.6 is 0 Å². The van der Waals surface area contributed by atoms with E-state index in [9.17, 15) is 0 Å². The second-order valence-electron chi connectivity index (χ2n) is 15.1. The van der Waals surface area contributed by atoms with Gasteiger partial charge in [0, 0.05) is 45.5 Å². The summed E-state index contributed by atoms with van der Waals surface area (Å²) in [6.07, 6.45) is 26.6. The van der Waals surface area contributed by atoms with E-state index >= 15 is 0 Å². The van der Waals surface area contributed by atoms with Gasteiger partial charge in [0.15, 0.2) is 0 Å². The molecular formula is C54H45N3. The molecule has 7 aromatic carbocycles. The molecule has 57 heavy (non-hydrogen) atoms. The van der Waals surface area contributed by atoms with E-state index in [0.717, 1.165) is 72.6 Å². The van der Waals surface area contributed by atoms with Crippen LogP contribution in [0.2, 0.25) is 0 Å². The quantitative estimate of drug-likeness (QED) is 0.137. The third-order valence-corrected chi connectivity index (χ3v) is 11.5. The molecule has 0 heterocycles. The summed E-state index contributed by atoms with van der Waals surface area (Å²) in [7, 11) is 0. The zero-order chi connectivity index (χ0) is 38.0. The number of nitrogens with zero attached hydrogens (tertiary/aromatic N) is 3. The predicted octanol–water partition coefficient (Wildman–Crippen LogP) is 15.3. The molecule has 3 heteroatoms. The van der Waals surface area contributed by atoms with Crippen LogP contribution in [0, 0.1) is 0 Å². The van der Waals surface area contributed by atoms with Crippen LogP contribution in [-0.4, -0.2) is 0 Å². The number of benzene rings is 7. The van der Waals surface area contributed by atoms with Crippen LogP contribution in [-0.2, 0) is 0 Å². The maximum atomic E-state index is 2.52. The molecule has 0 aromatic heterocycles. The molecule has 0 aliphatic heterocycles. The third-order valence-electron chi connectivity index (χ3n) is 11.5. The molecular weight excluding hydrogens is 691 g/mol. The van der Waals surface area contributed by atoms with Crippen LogP contribution in [0.3, 0.4) is 0 Å². The van der Waals surface area contributed by atoms with Crippen molar-refractivity contribution >= 4 is 66.4 Å². The molecule has 276 valence electrons. The average molecular weight is 736 g/mol. The normalized spacial score (nSPS) is 15.1. The number of para-hydroxylation sites is 2. The van der Waals surface area contributed by atoms with Crippen molar-refractivity contribution in [2.45, 2.75) is 38.5 Å². The maximum Gasteiger partial charge on any atom is 0.0503 e. The first kappa shape index (κ1) is 34.6. The fraction of sp³-hybridized carbons (Fsp3) is 0.111. The molecule has 0 radical (unpaired) electrons. The standard InChI is InChI=1S/C54H45N3/c1-6-20-40(21-7-1)55(41-22-8-2-9-23-41)46-36-47(56(42-24-10-3-11-25-42)43-26-12-4-13-27-43)38-48(37-46)57(44-28-14-5-15-29-44)45-34-35-53-51-32-17-16-30-49(51)50-31-18-19-33-52(50)54(53)39-45/h1-3,5-8,10-12,14,16-22,24-28,30-39H,4,9,13,15,23,29H2. The van der Waals surface area contributed by atoms with E-state index in [1.54, 1.807) is 0 Å². The lowest BCUT2D eigenvalue weighted by Crippen LogP contribution is -2.22. The molecule has 0 amide bonds. The van der Waals surface area contributed by atoms with Crippen LogP contribution in [0.1, 0.15) is 38.5 Å². The Balaban J connectivity index is 1.25. The molecule has 3 aliphatic carbocycles. The molecule has 0 saturated heterocycles. The van der Waals surface area contributed by atoms with E-state index in [4.69, 9.17) is 0 Å². The van der Waals surface area contributed by atoms with Gasteiger partial charge in [0.2, 0.25) is 0 Å². The molecule has 10 rings (SSSR count). The van der Waals surface area contributed by atoms with E-state index < -0.39 is 0 Å². The number of anilines is 6. The third kappa shape index (κ3) is 6.66. The van der Waals surface area contributed by atoms with E-state index in [0.29, 0.717) is 0 Å². The second kappa shape index (κ2) is 15.4. The van der Waals surface area contributed by atoms with E-state index in [1.807, 2.05) is 0 Å². The average Bonchev–Trinajstić information content (AvgIpc) is 3.29. The maximum absolute atomic E-state index is 2.52. The summed E-state index contributed by atoms with van der Waals surface area (Å²) < 4.78 is 0. The van der Waals surface area contributed by atoms with Crippen LogP contribution in [0.15, 0.2) is 217 Å². The van der Waals surface area contributed by atoms with Crippen molar-refractivity contribution in [2.24, 2.45) is 0 Å². The smallest absolute Gasteiger partial charge is 0.0503 e. The van der Waals surface area contributed by atoms with Gasteiger partial charge >= 0.3 is 0 Å². The second-order valence-corrected chi connectivity index (χ2v) is 15.1. The Kier molecular flexibility index (Phi) is 9.33. The molecule has 0 bridgehead atoms. The topological polar surface area (TPSA) is 9.72 Å². The summed E-state index contributed by atoms with van der Waals surface area (Å²) in [6.45, 7) is 0. The van der Waals surface area contributed by atoms with Gasteiger partial charge in [0.1, 0.15) is 0 Å². The first-order valence-corrected chi connectivity index (χ1v) is 20.4. The van der Waals surface area contributed by atoms with Crippen molar-refractivity contribution in [1.29, 1.82) is 0 Å². The molecule has 0 saturated carbocycles. The van der Waals surface area contributed by atoms with Gasteiger partial charge in [-0.15, -0.1) is 0 Å². The van der Waals surface area contributed by atoms with Crippen LogP contribution < -0.4 is 14.7 Å². The lowest BCUT2D eigenvalue weighted by atomic mass is 9.94. The van der Waals surface area contributed by atoms with Gasteiger partial charge in [0.05, 0.1) is 5.69 Å². The Morgan fingerprint density at radius 2 is 0.807 bits per heavy atom. The summed E-state index contributed by atoms with van der Waals surface area (Å²) in [5.41, 5.74) is 10.6. The molecule has 0 fully saturated rings. The first-order valence-electron chi connectivity index (χ1n) is 20.4. The Morgan fingerprint density at radius 3 is 1.32 bits per heavy atom. The first-order chi connectivity index (χ1) is 28.3. The Morgan fingerprint density at radius 1 is 0.333 bits per heavy atom. The van der Waals surface area contributed by atoms with E-state index in [-0.39, 0.29) is 0 Å². The number of allylic oxidation sites excluding steroid dienone is 11. The van der Waals surface area contributed by atoms with Crippen molar-refractivity contribution in [1.82, 2.24) is 0 Å². The van der Waals surface area contributed by atoms with E-state index in [2.05, 4.69) is 215 Å². The van der Waals surface area contributed by atoms with Crippen LogP contribution in [0.5, 0.6) is 0 Å². The highest BCUT2D eigenvalue weighted by molar-refractivity contribution is 6.25. The number of rotatable bonds is 9. The molecule has 0 atom stereocenters. The Hall–Kier alpha value is -6.84. The highest BCUT2D eigenvalue weighted by Gasteiger charge is 2.25. The molecule has 0 N–H and O–H groups in total. The fourth-order valence-electron chi connectivity index (χ4n) is 8.88. The molecule has 7 aromatic rings. The van der Waals surface area contributed by atoms with Crippen molar-refractivity contribution in [3.8, 4) is 0 Å². The highest BCUT2D eigenvalue weighted by Crippen LogP contribution is 2.46. The summed E-state index contributed by atoms with van der Waals surface area (Å²) >= 11 is 0. The van der Waals surface area contributed by atoms with Gasteiger partial charge in [-0.2, -0.15) is 0 Å². The number of hydrogen-bond donors (Lipinski definition) is 0. The lowest BCUT2D eigenvalue weighted by Gasteiger charge is -2.35. The fourth-order valence-corrected chi connectivity index (χ4v) is 8.88. The number of hydrogen-bond acceptors (Lipinski definition) is 3. The van der Waals surface area contributed by atoms with Crippen molar-refractivity contribution in [3.05, 3.63) is 217 Å². The highest BCUT2D eigenvalue weighted by atomic mass is 15.2. The number of fused-ring (bicyclic) bond motifs is 6. The Labute approximate surface area is 335 Å². The van der Waals surface area contributed by atoms with Gasteiger partial charge in [-0.25, -0.2) is 0 Å². The van der Waals surface area contributed by atoms with Crippen molar-refractivity contribution in [2.75, 3.05) is 14.7 Å². The van der Waals surface area contributed by atoms with Crippen LogP contribution in [0.25, 0.3) is 32.3 Å². The monoisotopic (exact) mass is 735 g/mol.